The topological polar surface area (TPSA) is 75.4 Å². The zero-order valence-electron chi connectivity index (χ0n) is 20.3. The summed E-state index contributed by atoms with van der Waals surface area (Å²) in [5, 5.41) is 9.95. The Labute approximate surface area is 221 Å². The van der Waals surface area contributed by atoms with Crippen LogP contribution >= 0.6 is 23.2 Å². The number of fused-ring (bicyclic) bond motifs is 2. The van der Waals surface area contributed by atoms with Crippen molar-refractivity contribution >= 4 is 46.1 Å². The molecule has 37 heavy (non-hydrogen) atoms. The lowest BCUT2D eigenvalue weighted by atomic mass is 9.99. The molecule has 1 saturated heterocycles. The highest BCUT2D eigenvalue weighted by atomic mass is 35.5. The molecule has 6 nitrogen and oxygen atoms in total. The van der Waals surface area contributed by atoms with E-state index in [1.807, 2.05) is 6.92 Å². The number of carbonyl (C=O) groups excluding carboxylic acids is 1. The van der Waals surface area contributed by atoms with Crippen LogP contribution in [0, 0.1) is 24.2 Å². The highest BCUT2D eigenvalue weighted by Crippen LogP contribution is 2.65. The molecule has 1 unspecified atom stereocenters. The van der Waals surface area contributed by atoms with E-state index in [9.17, 15) is 27.9 Å². The van der Waals surface area contributed by atoms with Gasteiger partial charge in [0, 0.05) is 37.0 Å². The Balaban J connectivity index is 1.46. The Bertz CT molecular complexity index is 1470. The summed E-state index contributed by atoms with van der Waals surface area (Å²) in [4.78, 5) is 31.2. The quantitative estimate of drug-likeness (QED) is 0.421. The molecule has 2 fully saturated rings. The van der Waals surface area contributed by atoms with Crippen LogP contribution in [-0.4, -0.2) is 44.5 Å². The van der Waals surface area contributed by atoms with E-state index in [4.69, 9.17) is 23.2 Å². The molecule has 0 bridgehead atoms. The Kier molecular flexibility index (Phi) is 6.03. The number of hydrogen-bond acceptors (Lipinski definition) is 3. The summed E-state index contributed by atoms with van der Waals surface area (Å²) in [6.45, 7) is 4.22. The number of likely N-dealkylation sites (tertiary alicyclic amines) is 1. The lowest BCUT2D eigenvalue weighted by Gasteiger charge is -2.23. The minimum atomic E-state index is -4.48. The van der Waals surface area contributed by atoms with Crippen LogP contribution in [0.5, 0.6) is 0 Å². The zero-order chi connectivity index (χ0) is 27.0. The molecule has 196 valence electrons. The van der Waals surface area contributed by atoms with Crippen molar-refractivity contribution in [2.24, 2.45) is 24.3 Å². The van der Waals surface area contributed by atoms with Gasteiger partial charge in [-0.15, -0.1) is 0 Å². The predicted octanol–water partition coefficient (Wildman–Crippen LogP) is 5.98. The second-order valence-electron chi connectivity index (χ2n) is 10.0. The van der Waals surface area contributed by atoms with Crippen LogP contribution in [0.3, 0.4) is 0 Å². The SMILES string of the molecule is CC[C@@]12CN(C(=O)c3ccc(Cl)c(Cc4nc5c(C)cc(C(F)(F)F)cc5n4C)c3Cl)C[C@H]1C2C(=O)O. The second kappa shape index (κ2) is 8.63. The van der Waals surface area contributed by atoms with Crippen molar-refractivity contribution < 1.29 is 27.9 Å². The lowest BCUT2D eigenvalue weighted by Crippen LogP contribution is -2.35. The van der Waals surface area contributed by atoms with Crippen LogP contribution in [-0.2, 0) is 24.4 Å². The number of nitrogens with zero attached hydrogens (tertiary/aromatic N) is 3. The number of rotatable bonds is 5. The van der Waals surface area contributed by atoms with Crippen molar-refractivity contribution in [3.05, 3.63) is 62.4 Å². The van der Waals surface area contributed by atoms with Gasteiger partial charge >= 0.3 is 12.1 Å². The number of piperidine rings is 1. The predicted molar refractivity (Wildman–Crippen MR) is 133 cm³/mol. The average molecular weight is 554 g/mol. The van der Waals surface area contributed by atoms with E-state index >= 15 is 0 Å². The fourth-order valence-corrected chi connectivity index (χ4v) is 6.57. The number of halogens is 5. The van der Waals surface area contributed by atoms with Gasteiger partial charge in [0.1, 0.15) is 5.82 Å². The van der Waals surface area contributed by atoms with Gasteiger partial charge in [-0.25, -0.2) is 4.98 Å². The van der Waals surface area contributed by atoms with Gasteiger partial charge in [-0.3, -0.25) is 9.59 Å². The molecule has 1 aromatic heterocycles. The van der Waals surface area contributed by atoms with Gasteiger partial charge in [0.05, 0.1) is 33.1 Å². The number of alkyl halides is 3. The fourth-order valence-electron chi connectivity index (χ4n) is 5.98. The van der Waals surface area contributed by atoms with E-state index in [1.54, 1.807) is 35.6 Å². The normalized spacial score (nSPS) is 23.0. The summed E-state index contributed by atoms with van der Waals surface area (Å²) in [5.74, 6) is -1.19. The van der Waals surface area contributed by atoms with Gasteiger partial charge in [-0.2, -0.15) is 13.2 Å². The summed E-state index contributed by atoms with van der Waals surface area (Å²) < 4.78 is 41.6. The highest BCUT2D eigenvalue weighted by Gasteiger charge is 2.71. The Hall–Kier alpha value is -2.78. The van der Waals surface area contributed by atoms with Crippen molar-refractivity contribution in [1.29, 1.82) is 0 Å². The van der Waals surface area contributed by atoms with E-state index in [0.717, 1.165) is 12.1 Å². The molecule has 1 N–H and O–H groups in total. The molecule has 2 aromatic carbocycles. The first-order valence-corrected chi connectivity index (χ1v) is 12.6. The van der Waals surface area contributed by atoms with Gasteiger partial charge in [0.2, 0.25) is 0 Å². The number of hydrogen-bond donors (Lipinski definition) is 1. The number of imidazole rings is 1. The number of carbonyl (C=O) groups is 2. The highest BCUT2D eigenvalue weighted by molar-refractivity contribution is 6.38. The van der Waals surface area contributed by atoms with Crippen molar-refractivity contribution in [2.75, 3.05) is 13.1 Å². The first kappa shape index (κ1) is 25.9. The summed E-state index contributed by atoms with van der Waals surface area (Å²) in [6.07, 6.45) is -3.71. The summed E-state index contributed by atoms with van der Waals surface area (Å²) in [6, 6.07) is 5.24. The smallest absolute Gasteiger partial charge is 0.416 e. The molecule has 2 heterocycles. The molecule has 0 spiro atoms. The third-order valence-electron chi connectivity index (χ3n) is 8.11. The summed E-state index contributed by atoms with van der Waals surface area (Å²) in [7, 11) is 1.63. The average Bonchev–Trinajstić information content (AvgIpc) is 3.09. The molecule has 1 amide bonds. The first-order valence-electron chi connectivity index (χ1n) is 11.8. The third-order valence-corrected chi connectivity index (χ3v) is 8.90. The van der Waals surface area contributed by atoms with Gasteiger partial charge in [-0.1, -0.05) is 30.1 Å². The molecular weight excluding hydrogens is 530 g/mol. The number of benzene rings is 2. The molecule has 2 aliphatic rings. The van der Waals surface area contributed by atoms with Crippen LogP contribution in [0.25, 0.3) is 11.0 Å². The molecule has 5 rings (SSSR count). The van der Waals surface area contributed by atoms with Gasteiger partial charge in [-0.05, 0) is 54.7 Å². The number of carboxylic acid groups (broad SMARTS) is 1. The molecular formula is C26H24Cl2F3N3O3. The van der Waals surface area contributed by atoms with Crippen LogP contribution in [0.1, 0.15) is 46.2 Å². The molecule has 1 aliphatic heterocycles. The van der Waals surface area contributed by atoms with Gasteiger partial charge < -0.3 is 14.6 Å². The third kappa shape index (κ3) is 3.98. The zero-order valence-corrected chi connectivity index (χ0v) is 21.8. The Morgan fingerprint density at radius 2 is 1.95 bits per heavy atom. The van der Waals surface area contributed by atoms with Crippen molar-refractivity contribution in [3.63, 3.8) is 0 Å². The standard InChI is InChI=1S/C26H24Cl2F3N3O3/c1-4-25-11-34(10-16(25)20(25)24(36)37)23(35)14-5-6-17(27)15(21(14)28)9-19-32-22-12(2)7-13(26(29,30)31)8-18(22)33(19)3/h5-8,16,20H,4,9-11H2,1-3H3,(H,36,37)/t16-,20?,25+/m0/s1. The molecule has 11 heteroatoms. The fraction of sp³-hybridized carbons (Fsp3) is 0.423. The first-order chi connectivity index (χ1) is 17.3. The number of amides is 1. The van der Waals surface area contributed by atoms with Crippen LogP contribution < -0.4 is 0 Å². The Morgan fingerprint density at radius 1 is 1.24 bits per heavy atom. The van der Waals surface area contributed by atoms with Crippen molar-refractivity contribution in [3.8, 4) is 0 Å². The summed E-state index contributed by atoms with van der Waals surface area (Å²) >= 11 is 13.1. The van der Waals surface area contributed by atoms with Crippen LogP contribution in [0.2, 0.25) is 10.0 Å². The molecule has 0 radical (unpaired) electrons. The Morgan fingerprint density at radius 3 is 2.54 bits per heavy atom. The monoisotopic (exact) mass is 553 g/mol. The van der Waals surface area contributed by atoms with Gasteiger partial charge in [0.15, 0.2) is 0 Å². The number of carboxylic acids is 1. The minimum absolute atomic E-state index is 0.0747. The number of aromatic nitrogens is 2. The van der Waals surface area contributed by atoms with Crippen molar-refractivity contribution in [1.82, 2.24) is 14.5 Å². The largest absolute Gasteiger partial charge is 0.481 e. The van der Waals surface area contributed by atoms with Gasteiger partial charge in [0.25, 0.3) is 5.91 Å². The lowest BCUT2D eigenvalue weighted by molar-refractivity contribution is -0.140. The van der Waals surface area contributed by atoms with E-state index in [1.165, 1.54) is 0 Å². The minimum Gasteiger partial charge on any atom is -0.481 e. The van der Waals surface area contributed by atoms with Crippen molar-refractivity contribution in [2.45, 2.75) is 32.9 Å². The van der Waals surface area contributed by atoms with E-state index < -0.39 is 29.0 Å². The van der Waals surface area contributed by atoms with Crippen LogP contribution in [0.4, 0.5) is 13.2 Å². The molecule has 1 aliphatic carbocycles. The van der Waals surface area contributed by atoms with E-state index in [0.29, 0.717) is 52.5 Å². The second-order valence-corrected chi connectivity index (χ2v) is 10.8. The van der Waals surface area contributed by atoms with E-state index in [2.05, 4.69) is 4.98 Å². The maximum absolute atomic E-state index is 13.4. The van der Waals surface area contributed by atoms with E-state index in [-0.39, 0.29) is 28.8 Å². The molecule has 3 atom stereocenters. The number of aryl methyl sites for hydroxylation is 2. The van der Waals surface area contributed by atoms with Crippen LogP contribution in [0.15, 0.2) is 24.3 Å². The number of aliphatic carboxylic acids is 1. The maximum Gasteiger partial charge on any atom is 0.416 e. The maximum atomic E-state index is 13.4. The summed E-state index contributed by atoms with van der Waals surface area (Å²) in [5.41, 5.74) is 0.701. The molecule has 1 saturated carbocycles. The molecule has 3 aromatic rings.